The van der Waals surface area contributed by atoms with Crippen molar-refractivity contribution >= 4 is 5.69 Å². The van der Waals surface area contributed by atoms with E-state index in [1.807, 2.05) is 0 Å². The van der Waals surface area contributed by atoms with Crippen LogP contribution in [0.15, 0.2) is 24.3 Å². The van der Waals surface area contributed by atoms with E-state index in [-0.39, 0.29) is 0 Å². The largest absolute Gasteiger partial charge is 0.385 e. The molecule has 0 saturated carbocycles. The molecule has 0 bridgehead atoms. The first-order chi connectivity index (χ1) is 8.76. The third kappa shape index (κ3) is 6.06. The first-order valence-electron chi connectivity index (χ1n) is 7.29. The molecule has 0 spiro atoms. The van der Waals surface area contributed by atoms with Gasteiger partial charge in [0, 0.05) is 12.2 Å². The lowest BCUT2D eigenvalue weighted by Gasteiger charge is -2.17. The predicted molar refractivity (Wildman–Crippen MR) is 81.3 cm³/mol. The SMILES string of the molecule is CCN(CC)CCCCCNc1cccc(C)c1. The first-order valence-corrected chi connectivity index (χ1v) is 7.29. The van der Waals surface area contributed by atoms with Crippen LogP contribution in [0.1, 0.15) is 38.7 Å². The predicted octanol–water partition coefficient (Wildman–Crippen LogP) is 3.92. The van der Waals surface area contributed by atoms with E-state index in [2.05, 4.69) is 55.3 Å². The zero-order chi connectivity index (χ0) is 13.2. The highest BCUT2D eigenvalue weighted by Crippen LogP contribution is 2.09. The van der Waals surface area contributed by atoms with E-state index in [0.717, 1.165) is 6.54 Å². The maximum atomic E-state index is 3.49. The van der Waals surface area contributed by atoms with Gasteiger partial charge in [0.05, 0.1) is 0 Å². The molecule has 0 heterocycles. The van der Waals surface area contributed by atoms with Crippen LogP contribution in [-0.2, 0) is 0 Å². The number of unbranched alkanes of at least 4 members (excludes halogenated alkanes) is 2. The van der Waals surface area contributed by atoms with Crippen molar-refractivity contribution in [3.63, 3.8) is 0 Å². The molecular formula is C16H28N2. The summed E-state index contributed by atoms with van der Waals surface area (Å²) in [5, 5.41) is 3.49. The molecule has 0 saturated heterocycles. The van der Waals surface area contributed by atoms with Gasteiger partial charge in [-0.05, 0) is 57.1 Å². The van der Waals surface area contributed by atoms with E-state index >= 15 is 0 Å². The van der Waals surface area contributed by atoms with Crippen molar-refractivity contribution in [1.29, 1.82) is 0 Å². The molecule has 0 aliphatic heterocycles. The minimum Gasteiger partial charge on any atom is -0.385 e. The van der Waals surface area contributed by atoms with Gasteiger partial charge in [0.25, 0.3) is 0 Å². The molecule has 0 aliphatic rings. The summed E-state index contributed by atoms with van der Waals surface area (Å²) in [5.74, 6) is 0. The molecule has 0 aromatic heterocycles. The molecule has 0 radical (unpaired) electrons. The highest BCUT2D eigenvalue weighted by molar-refractivity contribution is 5.45. The highest BCUT2D eigenvalue weighted by atomic mass is 15.1. The molecule has 0 unspecified atom stereocenters. The van der Waals surface area contributed by atoms with E-state index in [9.17, 15) is 0 Å². The standard InChI is InChI=1S/C16H28N2/c1-4-18(5-2)13-8-6-7-12-17-16-11-9-10-15(3)14-16/h9-11,14,17H,4-8,12-13H2,1-3H3. The van der Waals surface area contributed by atoms with Crippen LogP contribution in [-0.4, -0.2) is 31.1 Å². The van der Waals surface area contributed by atoms with E-state index in [4.69, 9.17) is 0 Å². The van der Waals surface area contributed by atoms with Gasteiger partial charge in [-0.2, -0.15) is 0 Å². The Morgan fingerprint density at radius 1 is 1.06 bits per heavy atom. The Hall–Kier alpha value is -1.02. The topological polar surface area (TPSA) is 15.3 Å². The van der Waals surface area contributed by atoms with Gasteiger partial charge in [-0.1, -0.05) is 32.4 Å². The Kier molecular flexibility index (Phi) is 7.51. The first kappa shape index (κ1) is 15.0. The molecular weight excluding hydrogens is 220 g/mol. The third-order valence-electron chi connectivity index (χ3n) is 3.39. The number of hydrogen-bond acceptors (Lipinski definition) is 2. The molecule has 0 amide bonds. The Labute approximate surface area is 112 Å². The van der Waals surface area contributed by atoms with Crippen LogP contribution in [0.3, 0.4) is 0 Å². The van der Waals surface area contributed by atoms with Gasteiger partial charge in [-0.15, -0.1) is 0 Å². The maximum Gasteiger partial charge on any atom is 0.0342 e. The lowest BCUT2D eigenvalue weighted by Crippen LogP contribution is -2.23. The van der Waals surface area contributed by atoms with Crippen LogP contribution in [0.2, 0.25) is 0 Å². The second kappa shape index (κ2) is 8.98. The van der Waals surface area contributed by atoms with Gasteiger partial charge in [0.2, 0.25) is 0 Å². The minimum atomic E-state index is 1.09. The van der Waals surface area contributed by atoms with Crippen LogP contribution in [0, 0.1) is 6.92 Å². The Bertz CT molecular complexity index is 319. The molecule has 0 aliphatic carbocycles. The van der Waals surface area contributed by atoms with Crippen molar-refractivity contribution in [3.8, 4) is 0 Å². The molecule has 0 fully saturated rings. The van der Waals surface area contributed by atoms with Crippen molar-refractivity contribution in [3.05, 3.63) is 29.8 Å². The average molecular weight is 248 g/mol. The second-order valence-corrected chi connectivity index (χ2v) is 4.88. The van der Waals surface area contributed by atoms with E-state index in [1.165, 1.54) is 50.1 Å². The zero-order valence-corrected chi connectivity index (χ0v) is 12.2. The monoisotopic (exact) mass is 248 g/mol. The summed E-state index contributed by atoms with van der Waals surface area (Å²) in [6.45, 7) is 11.3. The summed E-state index contributed by atoms with van der Waals surface area (Å²) in [6.07, 6.45) is 3.89. The van der Waals surface area contributed by atoms with Gasteiger partial charge in [0.1, 0.15) is 0 Å². The normalized spacial score (nSPS) is 10.9. The number of nitrogens with zero attached hydrogens (tertiary/aromatic N) is 1. The fourth-order valence-electron chi connectivity index (χ4n) is 2.16. The van der Waals surface area contributed by atoms with Gasteiger partial charge in [-0.25, -0.2) is 0 Å². The Morgan fingerprint density at radius 3 is 2.50 bits per heavy atom. The third-order valence-corrected chi connectivity index (χ3v) is 3.39. The van der Waals surface area contributed by atoms with Gasteiger partial charge < -0.3 is 10.2 Å². The number of hydrogen-bond donors (Lipinski definition) is 1. The number of aryl methyl sites for hydroxylation is 1. The maximum absolute atomic E-state index is 3.49. The molecule has 1 N–H and O–H groups in total. The zero-order valence-electron chi connectivity index (χ0n) is 12.2. The number of rotatable bonds is 9. The van der Waals surface area contributed by atoms with Gasteiger partial charge in [0.15, 0.2) is 0 Å². The minimum absolute atomic E-state index is 1.09. The van der Waals surface area contributed by atoms with E-state index in [0.29, 0.717) is 0 Å². The summed E-state index contributed by atoms with van der Waals surface area (Å²) < 4.78 is 0. The Balaban J connectivity index is 2.05. The van der Waals surface area contributed by atoms with Crippen molar-refractivity contribution in [2.45, 2.75) is 40.0 Å². The second-order valence-electron chi connectivity index (χ2n) is 4.88. The fraction of sp³-hybridized carbons (Fsp3) is 0.625. The summed E-state index contributed by atoms with van der Waals surface area (Å²) in [4.78, 5) is 2.49. The molecule has 1 aromatic carbocycles. The van der Waals surface area contributed by atoms with Crippen molar-refractivity contribution in [2.24, 2.45) is 0 Å². The molecule has 1 rings (SSSR count). The number of anilines is 1. The van der Waals surface area contributed by atoms with Crippen molar-refractivity contribution < 1.29 is 0 Å². The quantitative estimate of drug-likeness (QED) is 0.666. The Morgan fingerprint density at radius 2 is 1.83 bits per heavy atom. The molecule has 2 nitrogen and oxygen atoms in total. The van der Waals surface area contributed by atoms with Crippen LogP contribution in [0.4, 0.5) is 5.69 Å². The van der Waals surface area contributed by atoms with Crippen LogP contribution < -0.4 is 5.32 Å². The molecule has 0 atom stereocenters. The van der Waals surface area contributed by atoms with Crippen LogP contribution in [0.25, 0.3) is 0 Å². The van der Waals surface area contributed by atoms with Gasteiger partial charge >= 0.3 is 0 Å². The molecule has 18 heavy (non-hydrogen) atoms. The summed E-state index contributed by atoms with van der Waals surface area (Å²) >= 11 is 0. The van der Waals surface area contributed by atoms with E-state index in [1.54, 1.807) is 0 Å². The fourth-order valence-corrected chi connectivity index (χ4v) is 2.16. The van der Waals surface area contributed by atoms with Crippen molar-refractivity contribution in [1.82, 2.24) is 4.90 Å². The smallest absolute Gasteiger partial charge is 0.0342 e. The summed E-state index contributed by atoms with van der Waals surface area (Å²) in [7, 11) is 0. The molecule has 102 valence electrons. The van der Waals surface area contributed by atoms with Crippen LogP contribution in [0.5, 0.6) is 0 Å². The summed E-state index contributed by atoms with van der Waals surface area (Å²) in [6, 6.07) is 8.59. The van der Waals surface area contributed by atoms with Crippen molar-refractivity contribution in [2.75, 3.05) is 31.5 Å². The molecule has 2 heteroatoms. The lowest BCUT2D eigenvalue weighted by atomic mass is 10.2. The average Bonchev–Trinajstić information content (AvgIpc) is 2.38. The highest BCUT2D eigenvalue weighted by Gasteiger charge is 1.98. The lowest BCUT2D eigenvalue weighted by molar-refractivity contribution is 0.296. The number of nitrogens with one attached hydrogen (secondary N) is 1. The number of benzene rings is 1. The van der Waals surface area contributed by atoms with Gasteiger partial charge in [-0.3, -0.25) is 0 Å². The molecule has 1 aromatic rings. The summed E-state index contributed by atoms with van der Waals surface area (Å²) in [5.41, 5.74) is 2.57. The van der Waals surface area contributed by atoms with E-state index < -0.39 is 0 Å². The van der Waals surface area contributed by atoms with Crippen LogP contribution >= 0.6 is 0 Å².